The highest BCUT2D eigenvalue weighted by atomic mass is 32.2. The number of thioether (sulfide) groups is 1. The van der Waals surface area contributed by atoms with Crippen molar-refractivity contribution in [3.8, 4) is 6.07 Å². The smallest absolute Gasteiger partial charge is 0.165 e. The fourth-order valence-corrected chi connectivity index (χ4v) is 2.29. The van der Waals surface area contributed by atoms with Crippen LogP contribution in [0.2, 0.25) is 0 Å². The lowest BCUT2D eigenvalue weighted by molar-refractivity contribution is 0.0913. The SMILES string of the molecule is CCC(CC)C(=O)c1ccc(SCC#N)cc1. The molecule has 1 aromatic carbocycles. The Balaban J connectivity index is 2.73. The molecule has 0 heterocycles. The van der Waals surface area contributed by atoms with Gasteiger partial charge in [0, 0.05) is 16.4 Å². The predicted molar refractivity (Wildman–Crippen MR) is 71.2 cm³/mol. The molecule has 0 unspecified atom stereocenters. The third-order valence-electron chi connectivity index (χ3n) is 2.80. The number of benzene rings is 1. The lowest BCUT2D eigenvalue weighted by Gasteiger charge is -2.11. The summed E-state index contributed by atoms with van der Waals surface area (Å²) in [4.78, 5) is 13.1. The van der Waals surface area contributed by atoms with E-state index < -0.39 is 0 Å². The molecule has 0 amide bonds. The van der Waals surface area contributed by atoms with E-state index in [9.17, 15) is 4.79 Å². The molecule has 0 aromatic heterocycles. The molecule has 2 nitrogen and oxygen atoms in total. The molecule has 0 N–H and O–H groups in total. The van der Waals surface area contributed by atoms with E-state index in [0.717, 1.165) is 23.3 Å². The van der Waals surface area contributed by atoms with Gasteiger partial charge in [-0.15, -0.1) is 11.8 Å². The number of carbonyl (C=O) groups excluding carboxylic acids is 1. The van der Waals surface area contributed by atoms with E-state index in [-0.39, 0.29) is 11.7 Å². The summed E-state index contributed by atoms with van der Waals surface area (Å²) in [5, 5.41) is 8.48. The van der Waals surface area contributed by atoms with Crippen molar-refractivity contribution in [1.29, 1.82) is 5.26 Å². The minimum Gasteiger partial charge on any atom is -0.294 e. The first-order valence-electron chi connectivity index (χ1n) is 5.86. The van der Waals surface area contributed by atoms with Gasteiger partial charge in [0.05, 0.1) is 11.8 Å². The largest absolute Gasteiger partial charge is 0.294 e. The lowest BCUT2D eigenvalue weighted by Crippen LogP contribution is -2.12. The minimum atomic E-state index is 0.132. The number of hydrogen-bond donors (Lipinski definition) is 0. The molecule has 0 saturated heterocycles. The van der Waals surface area contributed by atoms with Gasteiger partial charge >= 0.3 is 0 Å². The monoisotopic (exact) mass is 247 g/mol. The summed E-state index contributed by atoms with van der Waals surface area (Å²) < 4.78 is 0. The van der Waals surface area contributed by atoms with Gasteiger partial charge in [-0.1, -0.05) is 26.0 Å². The molecule has 1 rings (SSSR count). The van der Waals surface area contributed by atoms with Crippen molar-refractivity contribution >= 4 is 17.5 Å². The van der Waals surface area contributed by atoms with Gasteiger partial charge < -0.3 is 0 Å². The van der Waals surface area contributed by atoms with Crippen molar-refractivity contribution in [3.05, 3.63) is 29.8 Å². The van der Waals surface area contributed by atoms with Crippen LogP contribution in [0.1, 0.15) is 37.0 Å². The number of hydrogen-bond acceptors (Lipinski definition) is 3. The first kappa shape index (κ1) is 13.8. The van der Waals surface area contributed by atoms with Crippen LogP contribution in [0.4, 0.5) is 0 Å². The Hall–Kier alpha value is -1.27. The van der Waals surface area contributed by atoms with Crippen molar-refractivity contribution in [3.63, 3.8) is 0 Å². The molecule has 0 bridgehead atoms. The van der Waals surface area contributed by atoms with Crippen LogP contribution < -0.4 is 0 Å². The Morgan fingerprint density at radius 3 is 2.35 bits per heavy atom. The van der Waals surface area contributed by atoms with Crippen LogP contribution in [-0.4, -0.2) is 11.5 Å². The average Bonchev–Trinajstić information content (AvgIpc) is 2.38. The van der Waals surface area contributed by atoms with E-state index in [4.69, 9.17) is 5.26 Å². The van der Waals surface area contributed by atoms with Gasteiger partial charge in [-0.25, -0.2) is 0 Å². The molecule has 0 saturated carbocycles. The van der Waals surface area contributed by atoms with Gasteiger partial charge in [0.1, 0.15) is 0 Å². The second kappa shape index (κ2) is 7.13. The maximum Gasteiger partial charge on any atom is 0.165 e. The summed E-state index contributed by atoms with van der Waals surface area (Å²) in [5.41, 5.74) is 0.778. The molecule has 1 aromatic rings. The molecule has 0 aliphatic heterocycles. The van der Waals surface area contributed by atoms with E-state index in [1.807, 2.05) is 38.1 Å². The maximum absolute atomic E-state index is 12.1. The van der Waals surface area contributed by atoms with Crippen LogP contribution in [-0.2, 0) is 0 Å². The Kier molecular flexibility index (Phi) is 5.79. The number of nitrogens with zero attached hydrogens (tertiary/aromatic N) is 1. The minimum absolute atomic E-state index is 0.132. The number of carbonyl (C=O) groups is 1. The van der Waals surface area contributed by atoms with Crippen LogP contribution >= 0.6 is 11.8 Å². The highest BCUT2D eigenvalue weighted by molar-refractivity contribution is 7.99. The molecule has 0 radical (unpaired) electrons. The van der Waals surface area contributed by atoms with Gasteiger partial charge in [-0.2, -0.15) is 5.26 Å². The summed E-state index contributed by atoms with van der Waals surface area (Å²) >= 11 is 1.49. The Morgan fingerprint density at radius 2 is 1.88 bits per heavy atom. The zero-order chi connectivity index (χ0) is 12.7. The number of rotatable bonds is 6. The first-order chi connectivity index (χ1) is 8.22. The number of ketones is 1. The van der Waals surface area contributed by atoms with E-state index in [2.05, 4.69) is 6.07 Å². The van der Waals surface area contributed by atoms with Crippen molar-refractivity contribution in [2.45, 2.75) is 31.6 Å². The molecule has 0 spiro atoms. The van der Waals surface area contributed by atoms with Gasteiger partial charge in [-0.05, 0) is 25.0 Å². The Bertz CT molecular complexity index is 401. The summed E-state index contributed by atoms with van der Waals surface area (Å²) in [6.45, 7) is 4.09. The van der Waals surface area contributed by atoms with Gasteiger partial charge in [0.25, 0.3) is 0 Å². The van der Waals surface area contributed by atoms with E-state index in [1.54, 1.807) is 0 Å². The molecule has 17 heavy (non-hydrogen) atoms. The maximum atomic E-state index is 12.1. The summed E-state index contributed by atoms with van der Waals surface area (Å²) in [7, 11) is 0. The number of Topliss-reactive ketones (excluding diaryl/α,β-unsaturated/α-hetero) is 1. The van der Waals surface area contributed by atoms with Crippen molar-refractivity contribution in [1.82, 2.24) is 0 Å². The summed E-state index contributed by atoms with van der Waals surface area (Å²) in [6, 6.07) is 9.64. The van der Waals surface area contributed by atoms with Gasteiger partial charge in [0.15, 0.2) is 5.78 Å². The van der Waals surface area contributed by atoms with Gasteiger partial charge in [0.2, 0.25) is 0 Å². The lowest BCUT2D eigenvalue weighted by atomic mass is 9.93. The molecule has 0 aliphatic carbocycles. The van der Waals surface area contributed by atoms with Crippen molar-refractivity contribution < 1.29 is 4.79 Å². The van der Waals surface area contributed by atoms with Gasteiger partial charge in [-0.3, -0.25) is 4.79 Å². The predicted octanol–water partition coefficient (Wildman–Crippen LogP) is 3.92. The zero-order valence-corrected chi connectivity index (χ0v) is 11.1. The highest BCUT2D eigenvalue weighted by Gasteiger charge is 2.15. The normalized spacial score (nSPS) is 10.2. The molecule has 0 atom stereocenters. The standard InChI is InChI=1S/C14H17NOS/c1-3-11(4-2)14(16)12-5-7-13(8-6-12)17-10-9-15/h5-8,11H,3-4,10H2,1-2H3. The van der Waals surface area contributed by atoms with Crippen LogP contribution in [0, 0.1) is 17.2 Å². The van der Waals surface area contributed by atoms with Crippen LogP contribution in [0.5, 0.6) is 0 Å². The fourth-order valence-electron chi connectivity index (χ4n) is 1.73. The van der Waals surface area contributed by atoms with Crippen molar-refractivity contribution in [2.75, 3.05) is 5.75 Å². The third kappa shape index (κ3) is 3.90. The van der Waals surface area contributed by atoms with E-state index in [1.165, 1.54) is 11.8 Å². The second-order valence-corrected chi connectivity index (χ2v) is 4.90. The average molecular weight is 247 g/mol. The van der Waals surface area contributed by atoms with E-state index >= 15 is 0 Å². The zero-order valence-electron chi connectivity index (χ0n) is 10.3. The summed E-state index contributed by atoms with van der Waals surface area (Å²) in [6.07, 6.45) is 1.78. The fraction of sp³-hybridized carbons (Fsp3) is 0.429. The van der Waals surface area contributed by atoms with E-state index in [0.29, 0.717) is 5.75 Å². The second-order valence-electron chi connectivity index (χ2n) is 3.85. The molecular weight excluding hydrogens is 230 g/mol. The molecule has 3 heteroatoms. The summed E-state index contributed by atoms with van der Waals surface area (Å²) in [5.74, 6) is 0.805. The molecule has 0 fully saturated rings. The van der Waals surface area contributed by atoms with Crippen LogP contribution in [0.3, 0.4) is 0 Å². The quantitative estimate of drug-likeness (QED) is 0.565. The topological polar surface area (TPSA) is 40.9 Å². The molecule has 0 aliphatic rings. The number of nitriles is 1. The molecular formula is C14H17NOS. The van der Waals surface area contributed by atoms with Crippen LogP contribution in [0.25, 0.3) is 0 Å². The Labute approximate surface area is 107 Å². The van der Waals surface area contributed by atoms with Crippen LogP contribution in [0.15, 0.2) is 29.2 Å². The Morgan fingerprint density at radius 1 is 1.29 bits per heavy atom. The first-order valence-corrected chi connectivity index (χ1v) is 6.85. The molecule has 90 valence electrons. The highest BCUT2D eigenvalue weighted by Crippen LogP contribution is 2.20. The third-order valence-corrected chi connectivity index (χ3v) is 3.68. The van der Waals surface area contributed by atoms with Crippen molar-refractivity contribution in [2.24, 2.45) is 5.92 Å².